The summed E-state index contributed by atoms with van der Waals surface area (Å²) in [6, 6.07) is 1.72. The number of halogens is 4. The summed E-state index contributed by atoms with van der Waals surface area (Å²) in [5, 5.41) is 0.657. The van der Waals surface area contributed by atoms with Crippen molar-refractivity contribution in [1.82, 2.24) is 4.98 Å². The van der Waals surface area contributed by atoms with Gasteiger partial charge in [0.15, 0.2) is 0 Å². The highest BCUT2D eigenvalue weighted by molar-refractivity contribution is 9.10. The molecule has 0 unspecified atom stereocenters. The molecule has 70 valence electrons. The van der Waals surface area contributed by atoms with Gasteiger partial charge in [0.1, 0.15) is 4.60 Å². The van der Waals surface area contributed by atoms with E-state index in [2.05, 4.69) is 20.9 Å². The lowest BCUT2D eigenvalue weighted by atomic mass is 10.3. The van der Waals surface area contributed by atoms with Gasteiger partial charge in [0, 0.05) is 23.3 Å². The normalized spacial score (nSPS) is 8.25. The van der Waals surface area contributed by atoms with Gasteiger partial charge in [-0.1, -0.05) is 11.6 Å². The molecule has 2 N–H and O–H groups in total. The quantitative estimate of drug-likeness (QED) is 0.809. The molecule has 0 radical (unpaired) electrons. The van der Waals surface area contributed by atoms with E-state index in [4.69, 9.17) is 17.3 Å². The van der Waals surface area contributed by atoms with Crippen molar-refractivity contribution >= 4 is 52.3 Å². The number of nitrogens with two attached hydrogens (primary N) is 1. The van der Waals surface area contributed by atoms with Crippen molar-refractivity contribution in [2.45, 2.75) is 6.54 Å². The largest absolute Gasteiger partial charge is 0.326 e. The molecule has 1 heterocycles. The predicted octanol–water partition coefficient (Wildman–Crippen LogP) is 2.80. The van der Waals surface area contributed by atoms with Gasteiger partial charge in [-0.05, 0) is 22.0 Å². The minimum Gasteiger partial charge on any atom is -0.326 e. The van der Waals surface area contributed by atoms with Crippen LogP contribution in [0.4, 0.5) is 0 Å². The average Bonchev–Trinajstić information content (AvgIpc) is 1.88. The van der Waals surface area contributed by atoms with Gasteiger partial charge in [-0.3, -0.25) is 0 Å². The van der Waals surface area contributed by atoms with E-state index in [1.165, 1.54) is 0 Å². The summed E-state index contributed by atoms with van der Waals surface area (Å²) < 4.78 is 0.725. The maximum absolute atomic E-state index is 5.78. The fraction of sp³-hybridized carbons (Fsp3) is 0.167. The van der Waals surface area contributed by atoms with E-state index in [1.807, 2.05) is 0 Å². The van der Waals surface area contributed by atoms with Crippen LogP contribution in [0.1, 0.15) is 5.56 Å². The van der Waals surface area contributed by atoms with Crippen LogP contribution >= 0.6 is 52.3 Å². The number of rotatable bonds is 1. The smallest absolute Gasteiger partial charge is 0.112 e. The fourth-order valence-electron chi connectivity index (χ4n) is 0.627. The van der Waals surface area contributed by atoms with Gasteiger partial charge in [0.05, 0.1) is 0 Å². The van der Waals surface area contributed by atoms with Crippen molar-refractivity contribution in [3.63, 3.8) is 0 Å². The van der Waals surface area contributed by atoms with E-state index in [1.54, 1.807) is 12.3 Å². The van der Waals surface area contributed by atoms with Gasteiger partial charge in [-0.2, -0.15) is 0 Å². The van der Waals surface area contributed by atoms with Gasteiger partial charge < -0.3 is 5.73 Å². The Morgan fingerprint density at radius 3 is 2.42 bits per heavy atom. The lowest BCUT2D eigenvalue weighted by Gasteiger charge is -2.00. The molecule has 0 spiro atoms. The topological polar surface area (TPSA) is 38.9 Å². The Labute approximate surface area is 96.8 Å². The molecule has 1 aromatic rings. The van der Waals surface area contributed by atoms with Gasteiger partial charge >= 0.3 is 0 Å². The first-order valence-electron chi connectivity index (χ1n) is 2.74. The van der Waals surface area contributed by atoms with E-state index >= 15 is 0 Å². The molecular formula is C6H8BrCl3N2. The first-order chi connectivity index (χ1) is 4.75. The number of pyridine rings is 1. The highest BCUT2D eigenvalue weighted by atomic mass is 79.9. The van der Waals surface area contributed by atoms with E-state index in [-0.39, 0.29) is 24.8 Å². The highest BCUT2D eigenvalue weighted by Gasteiger charge is 2.01. The van der Waals surface area contributed by atoms with E-state index < -0.39 is 0 Å². The Morgan fingerprint density at radius 2 is 2.08 bits per heavy atom. The third-order valence-corrected chi connectivity index (χ3v) is 2.19. The summed E-state index contributed by atoms with van der Waals surface area (Å²) in [6.07, 6.45) is 1.63. The molecule has 0 amide bonds. The molecule has 0 atom stereocenters. The molecule has 0 fully saturated rings. The molecule has 2 nitrogen and oxygen atoms in total. The SMILES string of the molecule is Cl.Cl.NCc1c(Cl)ccnc1Br. The van der Waals surface area contributed by atoms with Crippen LogP contribution in [0.25, 0.3) is 0 Å². The van der Waals surface area contributed by atoms with Crippen molar-refractivity contribution in [3.8, 4) is 0 Å². The second-order valence-corrected chi connectivity index (χ2v) is 2.92. The Balaban J connectivity index is 0. The number of hydrogen-bond acceptors (Lipinski definition) is 2. The van der Waals surface area contributed by atoms with Crippen molar-refractivity contribution < 1.29 is 0 Å². The maximum atomic E-state index is 5.78. The molecule has 0 aliphatic carbocycles. The Morgan fingerprint density at radius 1 is 1.50 bits per heavy atom. The molecule has 0 aliphatic rings. The lowest BCUT2D eigenvalue weighted by Crippen LogP contribution is -1.99. The molecule has 1 rings (SSSR count). The van der Waals surface area contributed by atoms with E-state index in [0.29, 0.717) is 11.6 Å². The van der Waals surface area contributed by atoms with Crippen LogP contribution in [-0.2, 0) is 6.54 Å². The summed E-state index contributed by atoms with van der Waals surface area (Å²) in [5.41, 5.74) is 6.25. The molecule has 0 bridgehead atoms. The second-order valence-electron chi connectivity index (χ2n) is 1.77. The summed E-state index contributed by atoms with van der Waals surface area (Å²) in [5.74, 6) is 0. The summed E-state index contributed by atoms with van der Waals surface area (Å²) in [6.45, 7) is 0.410. The average molecular weight is 294 g/mol. The van der Waals surface area contributed by atoms with Crippen molar-refractivity contribution in [2.75, 3.05) is 0 Å². The van der Waals surface area contributed by atoms with Crippen LogP contribution in [0.3, 0.4) is 0 Å². The van der Waals surface area contributed by atoms with E-state index in [0.717, 1.165) is 10.2 Å². The summed E-state index contributed by atoms with van der Waals surface area (Å²) in [4.78, 5) is 3.96. The Bertz CT molecular complexity index is 224. The zero-order valence-corrected chi connectivity index (χ0v) is 9.93. The van der Waals surface area contributed by atoms with Crippen LogP contribution in [-0.4, -0.2) is 4.98 Å². The minimum atomic E-state index is 0. The zero-order valence-electron chi connectivity index (χ0n) is 5.96. The van der Waals surface area contributed by atoms with Gasteiger partial charge in [-0.15, -0.1) is 24.8 Å². The van der Waals surface area contributed by atoms with Crippen LogP contribution in [0.15, 0.2) is 16.9 Å². The number of nitrogens with zero attached hydrogens (tertiary/aromatic N) is 1. The molecule has 12 heavy (non-hydrogen) atoms. The van der Waals surface area contributed by atoms with Crippen LogP contribution in [0, 0.1) is 0 Å². The predicted molar refractivity (Wildman–Crippen MR) is 59.3 cm³/mol. The monoisotopic (exact) mass is 292 g/mol. The third kappa shape index (κ3) is 3.46. The van der Waals surface area contributed by atoms with Gasteiger partial charge in [-0.25, -0.2) is 4.98 Å². The van der Waals surface area contributed by atoms with Crippen molar-refractivity contribution in [1.29, 1.82) is 0 Å². The molecular weight excluding hydrogens is 286 g/mol. The first kappa shape index (κ1) is 15.0. The highest BCUT2D eigenvalue weighted by Crippen LogP contribution is 2.20. The minimum absolute atomic E-state index is 0. The molecule has 6 heteroatoms. The maximum Gasteiger partial charge on any atom is 0.112 e. The standard InChI is InChI=1S/C6H6BrClN2.2ClH/c7-6-4(3-9)5(8)1-2-10-6;;/h1-2H,3,9H2;2*1H. The molecule has 0 saturated heterocycles. The Kier molecular flexibility index (Phi) is 8.63. The first-order valence-corrected chi connectivity index (χ1v) is 3.91. The molecule has 0 aromatic carbocycles. The van der Waals surface area contributed by atoms with Gasteiger partial charge in [0.25, 0.3) is 0 Å². The molecule has 0 saturated carbocycles. The fourth-order valence-corrected chi connectivity index (χ4v) is 1.46. The second kappa shape index (κ2) is 6.92. The van der Waals surface area contributed by atoms with Crippen molar-refractivity contribution in [3.05, 3.63) is 27.5 Å². The van der Waals surface area contributed by atoms with Crippen LogP contribution in [0.2, 0.25) is 5.02 Å². The van der Waals surface area contributed by atoms with E-state index in [9.17, 15) is 0 Å². The van der Waals surface area contributed by atoms with Crippen LogP contribution < -0.4 is 5.73 Å². The summed E-state index contributed by atoms with van der Waals surface area (Å²) >= 11 is 9.01. The molecule has 1 aromatic heterocycles. The summed E-state index contributed by atoms with van der Waals surface area (Å²) in [7, 11) is 0. The molecule has 0 aliphatic heterocycles. The zero-order chi connectivity index (χ0) is 7.56. The van der Waals surface area contributed by atoms with Crippen LogP contribution in [0.5, 0.6) is 0 Å². The van der Waals surface area contributed by atoms with Crippen molar-refractivity contribution in [2.24, 2.45) is 5.73 Å². The number of hydrogen-bond donors (Lipinski definition) is 1. The van der Waals surface area contributed by atoms with Gasteiger partial charge in [0.2, 0.25) is 0 Å². The number of aromatic nitrogens is 1. The Hall–Kier alpha value is 0.460. The third-order valence-electron chi connectivity index (χ3n) is 1.15. The lowest BCUT2D eigenvalue weighted by molar-refractivity contribution is 1.03.